The van der Waals surface area contributed by atoms with E-state index in [1.165, 1.54) is 6.42 Å². The summed E-state index contributed by atoms with van der Waals surface area (Å²) in [6, 6.07) is 0. The zero-order valence-corrected chi connectivity index (χ0v) is 19.4. The number of likely N-dealkylation sites (tertiary alicyclic amines) is 1. The van der Waals surface area contributed by atoms with Gasteiger partial charge in [0.25, 0.3) is 0 Å². The van der Waals surface area contributed by atoms with E-state index in [9.17, 15) is 4.79 Å². The summed E-state index contributed by atoms with van der Waals surface area (Å²) >= 11 is 0. The molecular formula is C20H37Cl2N5O. The second kappa shape index (κ2) is 10.3. The van der Waals surface area contributed by atoms with E-state index in [2.05, 4.69) is 48.3 Å². The molecule has 3 heterocycles. The van der Waals surface area contributed by atoms with Crippen molar-refractivity contribution in [2.75, 3.05) is 32.7 Å². The van der Waals surface area contributed by atoms with Gasteiger partial charge in [0.2, 0.25) is 5.91 Å². The molecule has 4 atom stereocenters. The van der Waals surface area contributed by atoms with Crippen LogP contribution in [-0.2, 0) is 11.8 Å². The first-order valence-corrected chi connectivity index (χ1v) is 9.98. The number of carbonyl (C=O) groups excluding carboxylic acids is 1. The molecule has 1 amide bonds. The Hall–Kier alpha value is -0.820. The van der Waals surface area contributed by atoms with Crippen LogP contribution < -0.4 is 10.6 Å². The van der Waals surface area contributed by atoms with Crippen LogP contribution in [-0.4, -0.2) is 58.9 Å². The standard InChI is InChI=1S/C20H35N5O.2ClH/c1-14-6-15(2)11-25(10-14)20(3,4)13-22-19(26)18-9-21-8-17(18)16-7-23-24(5)12-16;;/h7,12,14-15,17-18,21H,6,8-11,13H2,1-5H3,(H,22,26);2*1H/t14?,15?,17-,18+;;/m1../s1. The molecule has 6 nitrogen and oxygen atoms in total. The van der Waals surface area contributed by atoms with Crippen LogP contribution in [0.25, 0.3) is 0 Å². The molecule has 8 heteroatoms. The van der Waals surface area contributed by atoms with Gasteiger partial charge in [-0.05, 0) is 37.7 Å². The maximum Gasteiger partial charge on any atom is 0.225 e. The lowest BCUT2D eigenvalue weighted by Gasteiger charge is -2.45. The van der Waals surface area contributed by atoms with Crippen LogP contribution in [0.3, 0.4) is 0 Å². The second-order valence-electron chi connectivity index (χ2n) is 9.20. The summed E-state index contributed by atoms with van der Waals surface area (Å²) in [5, 5.41) is 10.9. The SMILES string of the molecule is CC1CC(C)CN(C(C)(C)CNC(=O)[C@H]2CNC[C@@H]2c2cnn(C)c2)C1.Cl.Cl. The molecule has 2 saturated heterocycles. The van der Waals surface area contributed by atoms with E-state index < -0.39 is 0 Å². The van der Waals surface area contributed by atoms with E-state index in [1.54, 1.807) is 0 Å². The number of rotatable bonds is 5. The van der Waals surface area contributed by atoms with Crippen LogP contribution in [0.1, 0.15) is 45.6 Å². The van der Waals surface area contributed by atoms with Gasteiger partial charge in [-0.25, -0.2) is 0 Å². The molecule has 0 saturated carbocycles. The predicted molar refractivity (Wildman–Crippen MR) is 118 cm³/mol. The van der Waals surface area contributed by atoms with Gasteiger partial charge >= 0.3 is 0 Å². The number of carbonyl (C=O) groups is 1. The molecule has 0 aliphatic carbocycles. The Morgan fingerprint density at radius 3 is 2.46 bits per heavy atom. The van der Waals surface area contributed by atoms with Crippen LogP contribution in [0.15, 0.2) is 12.4 Å². The maximum absolute atomic E-state index is 12.9. The van der Waals surface area contributed by atoms with Crippen molar-refractivity contribution in [1.29, 1.82) is 0 Å². The molecule has 2 N–H and O–H groups in total. The smallest absolute Gasteiger partial charge is 0.225 e. The summed E-state index contributed by atoms with van der Waals surface area (Å²) in [7, 11) is 1.92. The third kappa shape index (κ3) is 5.85. The third-order valence-electron chi connectivity index (χ3n) is 6.12. The Morgan fingerprint density at radius 2 is 1.89 bits per heavy atom. The van der Waals surface area contributed by atoms with Crippen LogP contribution in [0.5, 0.6) is 0 Å². The number of hydrogen-bond acceptors (Lipinski definition) is 4. The van der Waals surface area contributed by atoms with E-state index in [0.717, 1.165) is 43.6 Å². The van der Waals surface area contributed by atoms with Gasteiger partial charge in [-0.15, -0.1) is 24.8 Å². The van der Waals surface area contributed by atoms with Crippen molar-refractivity contribution in [2.45, 2.75) is 45.6 Å². The van der Waals surface area contributed by atoms with Gasteiger partial charge in [0.15, 0.2) is 0 Å². The summed E-state index contributed by atoms with van der Waals surface area (Å²) in [5.41, 5.74) is 1.13. The molecule has 1 aromatic heterocycles. The van der Waals surface area contributed by atoms with Gasteiger partial charge in [0, 0.05) is 57.4 Å². The highest BCUT2D eigenvalue weighted by Gasteiger charge is 2.37. The van der Waals surface area contributed by atoms with Crippen LogP contribution in [0.2, 0.25) is 0 Å². The highest BCUT2D eigenvalue weighted by atomic mass is 35.5. The van der Waals surface area contributed by atoms with Gasteiger partial charge in [0.1, 0.15) is 0 Å². The largest absolute Gasteiger partial charge is 0.354 e. The van der Waals surface area contributed by atoms with Crippen molar-refractivity contribution in [3.8, 4) is 0 Å². The lowest BCUT2D eigenvalue weighted by molar-refractivity contribution is -0.125. The minimum absolute atomic E-state index is 0. The quantitative estimate of drug-likeness (QED) is 0.748. The highest BCUT2D eigenvalue weighted by molar-refractivity contribution is 5.85. The number of amides is 1. The van der Waals surface area contributed by atoms with Crippen LogP contribution in [0, 0.1) is 17.8 Å². The van der Waals surface area contributed by atoms with Crippen molar-refractivity contribution in [1.82, 2.24) is 25.3 Å². The molecule has 2 unspecified atom stereocenters. The molecule has 0 spiro atoms. The first kappa shape index (κ1) is 25.2. The molecule has 2 aliphatic rings. The predicted octanol–water partition coefficient (Wildman–Crippen LogP) is 2.44. The fraction of sp³-hybridized carbons (Fsp3) is 0.800. The number of piperidine rings is 1. The highest BCUT2D eigenvalue weighted by Crippen LogP contribution is 2.29. The molecule has 2 fully saturated rings. The lowest BCUT2D eigenvalue weighted by Crippen LogP contribution is -2.56. The average Bonchev–Trinajstić information content (AvgIpc) is 3.20. The summed E-state index contributed by atoms with van der Waals surface area (Å²) in [6.45, 7) is 13.7. The van der Waals surface area contributed by atoms with Crippen LogP contribution in [0.4, 0.5) is 0 Å². The first-order valence-electron chi connectivity index (χ1n) is 9.98. The molecule has 0 aromatic carbocycles. The van der Waals surface area contributed by atoms with Crippen molar-refractivity contribution in [2.24, 2.45) is 24.8 Å². The van der Waals surface area contributed by atoms with E-state index in [-0.39, 0.29) is 48.1 Å². The van der Waals surface area contributed by atoms with Gasteiger partial charge in [0.05, 0.1) is 12.1 Å². The van der Waals surface area contributed by atoms with Gasteiger partial charge in [-0.2, -0.15) is 5.10 Å². The number of aromatic nitrogens is 2. The number of nitrogens with zero attached hydrogens (tertiary/aromatic N) is 3. The fourth-order valence-corrected chi connectivity index (χ4v) is 4.64. The zero-order chi connectivity index (χ0) is 18.9. The average molecular weight is 434 g/mol. The molecular weight excluding hydrogens is 397 g/mol. The Labute approximate surface area is 182 Å². The van der Waals surface area contributed by atoms with Crippen molar-refractivity contribution in [3.05, 3.63) is 18.0 Å². The van der Waals surface area contributed by atoms with E-state index in [1.807, 2.05) is 24.1 Å². The van der Waals surface area contributed by atoms with Gasteiger partial charge < -0.3 is 10.6 Å². The Kier molecular flexibility index (Phi) is 9.26. The van der Waals surface area contributed by atoms with Gasteiger partial charge in [-0.3, -0.25) is 14.4 Å². The Balaban J connectivity index is 0.00000196. The van der Waals surface area contributed by atoms with Crippen molar-refractivity contribution < 1.29 is 4.79 Å². The molecule has 162 valence electrons. The normalized spacial score (nSPS) is 28.3. The van der Waals surface area contributed by atoms with Crippen molar-refractivity contribution >= 4 is 30.7 Å². The summed E-state index contributed by atoms with van der Waals surface area (Å²) in [6.07, 6.45) is 5.22. The fourth-order valence-electron chi connectivity index (χ4n) is 4.64. The summed E-state index contributed by atoms with van der Waals surface area (Å²) in [5.74, 6) is 1.80. The number of hydrogen-bond donors (Lipinski definition) is 2. The zero-order valence-electron chi connectivity index (χ0n) is 17.8. The maximum atomic E-state index is 12.9. The minimum atomic E-state index is -0.0194. The summed E-state index contributed by atoms with van der Waals surface area (Å²) in [4.78, 5) is 15.5. The number of aryl methyl sites for hydroxylation is 1. The molecule has 3 rings (SSSR count). The van der Waals surface area contributed by atoms with Gasteiger partial charge in [-0.1, -0.05) is 13.8 Å². The van der Waals surface area contributed by atoms with E-state index in [0.29, 0.717) is 6.54 Å². The van der Waals surface area contributed by atoms with Crippen LogP contribution >= 0.6 is 24.8 Å². The first-order chi connectivity index (χ1) is 12.3. The molecule has 1 aromatic rings. The molecule has 0 bridgehead atoms. The monoisotopic (exact) mass is 433 g/mol. The number of halogens is 2. The molecule has 0 radical (unpaired) electrons. The minimum Gasteiger partial charge on any atom is -0.354 e. The topological polar surface area (TPSA) is 62.2 Å². The summed E-state index contributed by atoms with van der Waals surface area (Å²) < 4.78 is 1.81. The van der Waals surface area contributed by atoms with Crippen molar-refractivity contribution in [3.63, 3.8) is 0 Å². The Bertz CT molecular complexity index is 626. The third-order valence-corrected chi connectivity index (χ3v) is 6.12. The second-order valence-corrected chi connectivity index (χ2v) is 9.20. The van der Waals surface area contributed by atoms with E-state index in [4.69, 9.17) is 0 Å². The Morgan fingerprint density at radius 1 is 1.25 bits per heavy atom. The molecule has 2 aliphatic heterocycles. The number of nitrogens with one attached hydrogen (secondary N) is 2. The molecule has 28 heavy (non-hydrogen) atoms. The van der Waals surface area contributed by atoms with E-state index >= 15 is 0 Å². The lowest BCUT2D eigenvalue weighted by atomic mass is 9.87.